The van der Waals surface area contributed by atoms with Gasteiger partial charge in [0, 0.05) is 10.2 Å². The fourth-order valence-electron chi connectivity index (χ4n) is 2.50. The van der Waals surface area contributed by atoms with Crippen molar-refractivity contribution in [2.45, 2.75) is 18.7 Å². The predicted molar refractivity (Wildman–Crippen MR) is 92.6 cm³/mol. The number of aryl methyl sites for hydroxylation is 1. The van der Waals surface area contributed by atoms with Crippen LogP contribution in [0, 0.1) is 0 Å². The van der Waals surface area contributed by atoms with E-state index in [1.807, 2.05) is 29.2 Å². The van der Waals surface area contributed by atoms with Crippen molar-refractivity contribution >= 4 is 39.3 Å². The molecule has 2 aromatic carbocycles. The van der Waals surface area contributed by atoms with E-state index in [0.29, 0.717) is 5.75 Å². The summed E-state index contributed by atoms with van der Waals surface area (Å²) in [6, 6.07) is 16.5. The molecular formula is C17H16BrNOS. The van der Waals surface area contributed by atoms with E-state index in [2.05, 4.69) is 47.1 Å². The third-order valence-electron chi connectivity index (χ3n) is 3.62. The van der Waals surface area contributed by atoms with Crippen molar-refractivity contribution in [2.75, 3.05) is 10.7 Å². The molecule has 1 saturated heterocycles. The van der Waals surface area contributed by atoms with Crippen LogP contribution >= 0.6 is 27.7 Å². The standard InChI is InChI=1S/C17H16BrNOS/c1-2-12-6-8-15(9-7-12)19-16(20)11-21-17(19)13-4-3-5-14(18)10-13/h3-10,17H,2,11H2,1H3. The second-order valence-corrected chi connectivity index (χ2v) is 6.99. The van der Waals surface area contributed by atoms with Gasteiger partial charge in [0.2, 0.25) is 5.91 Å². The van der Waals surface area contributed by atoms with Gasteiger partial charge in [0.25, 0.3) is 0 Å². The van der Waals surface area contributed by atoms with Crippen LogP contribution in [-0.4, -0.2) is 11.7 Å². The molecule has 0 saturated carbocycles. The molecule has 0 N–H and O–H groups in total. The Labute approximate surface area is 137 Å². The maximum atomic E-state index is 12.3. The maximum Gasteiger partial charge on any atom is 0.238 e. The normalized spacial score (nSPS) is 18.3. The fourth-order valence-corrected chi connectivity index (χ4v) is 4.09. The molecule has 0 radical (unpaired) electrons. The van der Waals surface area contributed by atoms with E-state index >= 15 is 0 Å². The summed E-state index contributed by atoms with van der Waals surface area (Å²) < 4.78 is 1.04. The first kappa shape index (κ1) is 14.7. The highest BCUT2D eigenvalue weighted by atomic mass is 79.9. The molecule has 3 rings (SSSR count). The maximum absolute atomic E-state index is 12.3. The van der Waals surface area contributed by atoms with Crippen LogP contribution in [0.2, 0.25) is 0 Å². The summed E-state index contributed by atoms with van der Waals surface area (Å²) in [6.07, 6.45) is 1.01. The van der Waals surface area contributed by atoms with Gasteiger partial charge in [-0.05, 0) is 41.8 Å². The number of carbonyl (C=O) groups is 1. The molecule has 0 aromatic heterocycles. The molecule has 1 amide bonds. The van der Waals surface area contributed by atoms with Gasteiger partial charge in [0.1, 0.15) is 5.37 Å². The zero-order valence-corrected chi connectivity index (χ0v) is 14.2. The summed E-state index contributed by atoms with van der Waals surface area (Å²) in [6.45, 7) is 2.14. The summed E-state index contributed by atoms with van der Waals surface area (Å²) in [7, 11) is 0. The van der Waals surface area contributed by atoms with Crippen molar-refractivity contribution in [3.63, 3.8) is 0 Å². The number of nitrogens with zero attached hydrogens (tertiary/aromatic N) is 1. The Bertz CT molecular complexity index is 656. The van der Waals surface area contributed by atoms with E-state index in [1.165, 1.54) is 5.56 Å². The smallest absolute Gasteiger partial charge is 0.238 e. The molecule has 1 aliphatic heterocycles. The first-order valence-electron chi connectivity index (χ1n) is 6.97. The average molecular weight is 362 g/mol. The van der Waals surface area contributed by atoms with Gasteiger partial charge < -0.3 is 0 Å². The number of anilines is 1. The lowest BCUT2D eigenvalue weighted by Crippen LogP contribution is -2.27. The lowest BCUT2D eigenvalue weighted by atomic mass is 10.1. The van der Waals surface area contributed by atoms with Crippen molar-refractivity contribution < 1.29 is 4.79 Å². The SMILES string of the molecule is CCc1ccc(N2C(=O)CSC2c2cccc(Br)c2)cc1. The van der Waals surface area contributed by atoms with Gasteiger partial charge in [-0.15, -0.1) is 11.8 Å². The lowest BCUT2D eigenvalue weighted by Gasteiger charge is -2.24. The molecular weight excluding hydrogens is 346 g/mol. The van der Waals surface area contributed by atoms with Gasteiger partial charge in [0.15, 0.2) is 0 Å². The summed E-state index contributed by atoms with van der Waals surface area (Å²) in [5.41, 5.74) is 3.42. The Morgan fingerprint density at radius 2 is 2.00 bits per heavy atom. The molecule has 4 heteroatoms. The number of hydrogen-bond acceptors (Lipinski definition) is 2. The zero-order valence-electron chi connectivity index (χ0n) is 11.8. The second kappa shape index (κ2) is 6.24. The molecule has 1 aliphatic rings. The number of amides is 1. The number of halogens is 1. The fraction of sp³-hybridized carbons (Fsp3) is 0.235. The molecule has 21 heavy (non-hydrogen) atoms. The molecule has 1 heterocycles. The van der Waals surface area contributed by atoms with Crippen LogP contribution in [0.1, 0.15) is 23.4 Å². The Kier molecular flexibility index (Phi) is 4.36. The van der Waals surface area contributed by atoms with E-state index in [1.54, 1.807) is 11.8 Å². The molecule has 0 aliphatic carbocycles. The van der Waals surface area contributed by atoms with Crippen LogP contribution in [-0.2, 0) is 11.2 Å². The van der Waals surface area contributed by atoms with E-state index < -0.39 is 0 Å². The quantitative estimate of drug-likeness (QED) is 0.783. The van der Waals surface area contributed by atoms with Crippen LogP contribution in [0.15, 0.2) is 53.0 Å². The van der Waals surface area contributed by atoms with Gasteiger partial charge in [0.05, 0.1) is 5.75 Å². The first-order chi connectivity index (χ1) is 10.2. The Morgan fingerprint density at radius 3 is 2.67 bits per heavy atom. The average Bonchev–Trinajstić information content (AvgIpc) is 2.89. The van der Waals surface area contributed by atoms with E-state index in [-0.39, 0.29) is 11.3 Å². The summed E-state index contributed by atoms with van der Waals surface area (Å²) in [5, 5.41) is 0.0578. The van der Waals surface area contributed by atoms with Crippen LogP contribution in [0.5, 0.6) is 0 Å². The van der Waals surface area contributed by atoms with E-state index in [4.69, 9.17) is 0 Å². The van der Waals surface area contributed by atoms with Crippen molar-refractivity contribution in [1.29, 1.82) is 0 Å². The van der Waals surface area contributed by atoms with Gasteiger partial charge in [-0.3, -0.25) is 9.69 Å². The number of rotatable bonds is 3. The highest BCUT2D eigenvalue weighted by molar-refractivity contribution is 9.10. The van der Waals surface area contributed by atoms with Gasteiger partial charge in [-0.1, -0.05) is 47.1 Å². The molecule has 1 fully saturated rings. The monoisotopic (exact) mass is 361 g/mol. The van der Waals surface area contributed by atoms with Gasteiger partial charge >= 0.3 is 0 Å². The zero-order chi connectivity index (χ0) is 14.8. The van der Waals surface area contributed by atoms with Crippen molar-refractivity contribution in [3.8, 4) is 0 Å². The largest absolute Gasteiger partial charge is 0.295 e. The highest BCUT2D eigenvalue weighted by Gasteiger charge is 2.33. The molecule has 1 unspecified atom stereocenters. The Morgan fingerprint density at radius 1 is 1.24 bits per heavy atom. The minimum atomic E-state index is 0.0578. The lowest BCUT2D eigenvalue weighted by molar-refractivity contribution is -0.115. The van der Waals surface area contributed by atoms with Gasteiger partial charge in [-0.2, -0.15) is 0 Å². The first-order valence-corrected chi connectivity index (χ1v) is 8.81. The summed E-state index contributed by atoms with van der Waals surface area (Å²) in [4.78, 5) is 14.2. The molecule has 2 nitrogen and oxygen atoms in total. The number of hydrogen-bond donors (Lipinski definition) is 0. The molecule has 108 valence electrons. The molecule has 0 spiro atoms. The van der Waals surface area contributed by atoms with Gasteiger partial charge in [-0.25, -0.2) is 0 Å². The molecule has 0 bridgehead atoms. The Balaban J connectivity index is 1.95. The number of carbonyl (C=O) groups excluding carboxylic acids is 1. The third-order valence-corrected chi connectivity index (χ3v) is 5.33. The van der Waals surface area contributed by atoms with Crippen LogP contribution < -0.4 is 4.90 Å². The number of thioether (sulfide) groups is 1. The van der Waals surface area contributed by atoms with E-state index in [0.717, 1.165) is 22.1 Å². The summed E-state index contributed by atoms with van der Waals surface area (Å²) >= 11 is 5.19. The minimum absolute atomic E-state index is 0.0578. The van der Waals surface area contributed by atoms with Crippen LogP contribution in [0.25, 0.3) is 0 Å². The molecule has 1 atom stereocenters. The van der Waals surface area contributed by atoms with Crippen molar-refractivity contribution in [2.24, 2.45) is 0 Å². The summed E-state index contributed by atoms with van der Waals surface area (Å²) in [5.74, 6) is 0.710. The van der Waals surface area contributed by atoms with Crippen LogP contribution in [0.4, 0.5) is 5.69 Å². The topological polar surface area (TPSA) is 20.3 Å². The second-order valence-electron chi connectivity index (χ2n) is 5.00. The molecule has 2 aromatic rings. The van der Waals surface area contributed by atoms with Crippen molar-refractivity contribution in [1.82, 2.24) is 0 Å². The minimum Gasteiger partial charge on any atom is -0.295 e. The van der Waals surface area contributed by atoms with Crippen molar-refractivity contribution in [3.05, 3.63) is 64.1 Å². The number of benzene rings is 2. The third kappa shape index (κ3) is 3.01. The highest BCUT2D eigenvalue weighted by Crippen LogP contribution is 2.42. The predicted octanol–water partition coefficient (Wildman–Crippen LogP) is 4.79. The van der Waals surface area contributed by atoms with E-state index in [9.17, 15) is 4.79 Å². The van der Waals surface area contributed by atoms with Crippen LogP contribution in [0.3, 0.4) is 0 Å². The Hall–Kier alpha value is -1.26.